The van der Waals surface area contributed by atoms with Crippen molar-refractivity contribution < 1.29 is 40.7 Å². The van der Waals surface area contributed by atoms with Crippen LogP contribution in [0.3, 0.4) is 0 Å². The highest BCUT2D eigenvalue weighted by Crippen LogP contribution is 2.43. The topological polar surface area (TPSA) is 166 Å². The molecule has 4 aromatic rings. The van der Waals surface area contributed by atoms with Gasteiger partial charge in [-0.1, -0.05) is 10.3 Å². The number of halogens is 5. The van der Waals surface area contributed by atoms with Gasteiger partial charge in [-0.2, -0.15) is 23.3 Å². The summed E-state index contributed by atoms with van der Waals surface area (Å²) in [6.45, 7) is 3.06. The monoisotopic (exact) mass is 637 g/mol. The number of carbonyl (C=O) groups excluding carboxylic acids is 2. The van der Waals surface area contributed by atoms with Crippen molar-refractivity contribution in [1.82, 2.24) is 45.7 Å². The number of carbonyl (C=O) groups is 2. The molecule has 0 bridgehead atoms. The minimum Gasteiger partial charge on any atom is -0.344 e. The molecule has 0 radical (unpaired) electrons. The lowest BCUT2D eigenvalue weighted by molar-refractivity contribution is -0.155. The average Bonchev–Trinajstić information content (AvgIpc) is 3.75. The van der Waals surface area contributed by atoms with Gasteiger partial charge in [0, 0.05) is 26.2 Å². The summed E-state index contributed by atoms with van der Waals surface area (Å²) in [6.07, 6.45) is -3.06. The third-order valence-electron chi connectivity index (χ3n) is 8.49. The molecule has 240 valence electrons. The first-order chi connectivity index (χ1) is 21.2. The van der Waals surface area contributed by atoms with E-state index in [1.807, 2.05) is 0 Å². The zero-order valence-corrected chi connectivity index (χ0v) is 24.1. The van der Waals surface area contributed by atoms with E-state index in [1.165, 1.54) is 24.6 Å². The van der Waals surface area contributed by atoms with Gasteiger partial charge in [-0.05, 0) is 55.3 Å². The van der Waals surface area contributed by atoms with E-state index in [2.05, 4.69) is 45.8 Å². The van der Waals surface area contributed by atoms with Crippen molar-refractivity contribution in [3.8, 4) is 0 Å². The van der Waals surface area contributed by atoms with E-state index in [1.54, 1.807) is 12.3 Å². The molecule has 4 aromatic heterocycles. The number of aromatic nitrogens is 7. The van der Waals surface area contributed by atoms with Gasteiger partial charge in [-0.25, -0.2) is 22.9 Å². The number of hydrogen-bond acceptors (Lipinski definition) is 10. The Morgan fingerprint density at radius 1 is 1.16 bits per heavy atom. The predicted molar refractivity (Wildman–Crippen MR) is 141 cm³/mol. The van der Waals surface area contributed by atoms with E-state index in [9.17, 15) is 31.5 Å². The largest absolute Gasteiger partial charge is 0.408 e. The molecule has 0 aromatic carbocycles. The summed E-state index contributed by atoms with van der Waals surface area (Å²) in [5.41, 5.74) is -0.335. The molecule has 2 fully saturated rings. The van der Waals surface area contributed by atoms with E-state index >= 15 is 0 Å². The minimum atomic E-state index is -4.66. The second kappa shape index (κ2) is 11.1. The van der Waals surface area contributed by atoms with Gasteiger partial charge in [0.15, 0.2) is 17.2 Å². The van der Waals surface area contributed by atoms with Crippen LogP contribution >= 0.6 is 0 Å². The highest BCUT2D eigenvalue weighted by atomic mass is 19.4. The number of alkyl halides is 5. The third kappa shape index (κ3) is 6.22. The summed E-state index contributed by atoms with van der Waals surface area (Å²) in [6, 6.07) is -1.27. The van der Waals surface area contributed by atoms with Crippen LogP contribution in [-0.4, -0.2) is 65.0 Å². The molecule has 2 aliphatic rings. The van der Waals surface area contributed by atoms with Gasteiger partial charge < -0.3 is 15.2 Å². The highest BCUT2D eigenvalue weighted by molar-refractivity contribution is 5.93. The van der Waals surface area contributed by atoms with E-state index in [0.717, 1.165) is 0 Å². The minimum absolute atomic E-state index is 0.0561. The Hall–Kier alpha value is -4.51. The summed E-state index contributed by atoms with van der Waals surface area (Å²) in [7, 11) is 0. The molecular formula is C27H28F5N9O4. The lowest BCUT2D eigenvalue weighted by atomic mass is 9.76. The first-order valence-electron chi connectivity index (χ1n) is 14.2. The maximum Gasteiger partial charge on any atom is 0.408 e. The van der Waals surface area contributed by atoms with Gasteiger partial charge in [0.05, 0.1) is 29.5 Å². The van der Waals surface area contributed by atoms with Crippen LogP contribution in [0.15, 0.2) is 27.6 Å². The van der Waals surface area contributed by atoms with Crippen LogP contribution in [0.5, 0.6) is 0 Å². The zero-order valence-electron chi connectivity index (χ0n) is 24.1. The number of imidazole rings is 1. The molecule has 1 aliphatic carbocycles. The molecule has 18 heteroatoms. The van der Waals surface area contributed by atoms with Crippen molar-refractivity contribution in [3.63, 3.8) is 0 Å². The predicted octanol–water partition coefficient (Wildman–Crippen LogP) is 3.63. The first kappa shape index (κ1) is 30.5. The van der Waals surface area contributed by atoms with E-state index < -0.39 is 47.8 Å². The molecule has 0 spiro atoms. The SMILES string of the molecule is Cc1nc(C[C@]2(Cc3cnn4cc([C@@H](NC(=O)c5nonc5C)C5CCC(F)(F)CC5)nc4c3)C[C@@H](C(F)(F)F)NC2=O)no1. The molecule has 13 nitrogen and oxygen atoms in total. The van der Waals surface area contributed by atoms with Gasteiger partial charge in [0.25, 0.3) is 5.91 Å². The van der Waals surface area contributed by atoms with E-state index in [-0.39, 0.29) is 73.2 Å². The Morgan fingerprint density at radius 3 is 2.53 bits per heavy atom. The molecule has 2 amide bonds. The molecule has 1 saturated heterocycles. The number of hydrogen-bond donors (Lipinski definition) is 2. The molecule has 3 atom stereocenters. The van der Waals surface area contributed by atoms with Crippen LogP contribution in [0.25, 0.3) is 5.65 Å². The quantitative estimate of drug-likeness (QED) is 0.273. The molecule has 0 unspecified atom stereocenters. The zero-order chi connectivity index (χ0) is 32.1. The fourth-order valence-electron chi connectivity index (χ4n) is 6.17. The van der Waals surface area contributed by atoms with Crippen molar-refractivity contribution in [2.24, 2.45) is 11.3 Å². The van der Waals surface area contributed by atoms with Gasteiger partial charge >= 0.3 is 6.18 Å². The fraction of sp³-hybridized carbons (Fsp3) is 0.556. The second-order valence-electron chi connectivity index (χ2n) is 11.8. The molecule has 6 rings (SSSR count). The smallest absolute Gasteiger partial charge is 0.344 e. The van der Waals surface area contributed by atoms with Crippen LogP contribution < -0.4 is 10.6 Å². The van der Waals surface area contributed by atoms with Crippen molar-refractivity contribution in [2.45, 2.75) is 83.0 Å². The number of amides is 2. The molecule has 5 heterocycles. The fourth-order valence-corrected chi connectivity index (χ4v) is 6.17. The molecule has 45 heavy (non-hydrogen) atoms. The lowest BCUT2D eigenvalue weighted by Gasteiger charge is -2.33. The van der Waals surface area contributed by atoms with Gasteiger partial charge in [-0.15, -0.1) is 0 Å². The summed E-state index contributed by atoms with van der Waals surface area (Å²) in [4.78, 5) is 34.9. The number of aryl methyl sites for hydroxylation is 2. The van der Waals surface area contributed by atoms with Crippen LogP contribution in [0.2, 0.25) is 0 Å². The average molecular weight is 638 g/mol. The number of nitrogens with one attached hydrogen (secondary N) is 2. The normalized spacial score (nSPS) is 22.9. The summed E-state index contributed by atoms with van der Waals surface area (Å²) in [5, 5.41) is 20.3. The van der Waals surface area contributed by atoms with Crippen molar-refractivity contribution in [3.05, 3.63) is 52.8 Å². The van der Waals surface area contributed by atoms with Crippen LogP contribution in [0.1, 0.15) is 77.3 Å². The maximum atomic E-state index is 14.0. The Bertz CT molecular complexity index is 1720. The maximum absolute atomic E-state index is 14.0. The van der Waals surface area contributed by atoms with Crippen molar-refractivity contribution >= 4 is 17.5 Å². The van der Waals surface area contributed by atoms with Crippen molar-refractivity contribution in [2.75, 3.05) is 0 Å². The lowest BCUT2D eigenvalue weighted by Crippen LogP contribution is -2.39. The summed E-state index contributed by atoms with van der Waals surface area (Å²) in [5.74, 6) is -4.31. The first-order valence-corrected chi connectivity index (χ1v) is 14.2. The Labute approximate surface area is 251 Å². The van der Waals surface area contributed by atoms with Gasteiger partial charge in [-0.3, -0.25) is 9.59 Å². The van der Waals surface area contributed by atoms with E-state index in [4.69, 9.17) is 4.52 Å². The Kier molecular flexibility index (Phi) is 7.55. The van der Waals surface area contributed by atoms with Crippen LogP contribution in [0, 0.1) is 25.2 Å². The number of rotatable bonds is 8. The highest BCUT2D eigenvalue weighted by Gasteiger charge is 2.56. The summed E-state index contributed by atoms with van der Waals surface area (Å²) < 4.78 is 80.0. The van der Waals surface area contributed by atoms with Gasteiger partial charge in [0.2, 0.25) is 17.7 Å². The standard InChI is InChI=1S/C27H28F5N9O4/c1-13-21(40-45-38-13)23(42)37-22(16-3-5-26(28,29)6-4-16)17-12-41-20(35-17)7-15(11-33-41)8-25(10-19-34-14(2)44-39-19)9-18(27(30,31)32)36-24(25)43/h7,11-12,16,18,22H,3-6,8-10H2,1-2H3,(H,36,43)(H,37,42)/t18-,22-,25-/m0/s1. The molecule has 1 saturated carbocycles. The Morgan fingerprint density at radius 2 is 1.91 bits per heavy atom. The molecule has 2 N–H and O–H groups in total. The van der Waals surface area contributed by atoms with Crippen LogP contribution in [0.4, 0.5) is 22.0 Å². The van der Waals surface area contributed by atoms with Crippen molar-refractivity contribution in [1.29, 1.82) is 0 Å². The third-order valence-corrected chi connectivity index (χ3v) is 8.49. The number of fused-ring (bicyclic) bond motifs is 1. The number of nitrogens with zero attached hydrogens (tertiary/aromatic N) is 7. The molecule has 1 aliphatic heterocycles. The van der Waals surface area contributed by atoms with Crippen LogP contribution in [-0.2, 0) is 17.6 Å². The van der Waals surface area contributed by atoms with Gasteiger partial charge in [0.1, 0.15) is 11.7 Å². The second-order valence-corrected chi connectivity index (χ2v) is 11.8. The molecular weight excluding hydrogens is 609 g/mol. The van der Waals surface area contributed by atoms with E-state index in [0.29, 0.717) is 11.3 Å². The Balaban J connectivity index is 1.31. The summed E-state index contributed by atoms with van der Waals surface area (Å²) >= 11 is 0.